The van der Waals surface area contributed by atoms with Gasteiger partial charge in [0.1, 0.15) is 12.1 Å². The third-order valence-corrected chi connectivity index (χ3v) is 9.04. The number of piperidine rings is 1. The molecule has 7 amide bonds. The van der Waals surface area contributed by atoms with Crippen molar-refractivity contribution in [3.63, 3.8) is 0 Å². The lowest BCUT2D eigenvalue weighted by Gasteiger charge is -2.40. The number of carbonyl (C=O) groups is 7. The van der Waals surface area contributed by atoms with Crippen LogP contribution in [-0.4, -0.2) is 95.0 Å². The molecule has 0 aliphatic carbocycles. The number of hydrogen-bond donors (Lipinski definition) is 4. The van der Waals surface area contributed by atoms with Gasteiger partial charge in [0.15, 0.2) is 0 Å². The molecule has 0 aromatic heterocycles. The Balaban J connectivity index is 2.21. The van der Waals surface area contributed by atoms with Gasteiger partial charge in [0, 0.05) is 32.5 Å². The van der Waals surface area contributed by atoms with Crippen LogP contribution in [0.25, 0.3) is 0 Å². The summed E-state index contributed by atoms with van der Waals surface area (Å²) in [6.45, 7) is 19.3. The summed E-state index contributed by atoms with van der Waals surface area (Å²) in [6.07, 6.45) is 3.75. The molecule has 0 radical (unpaired) electrons. The Morgan fingerprint density at radius 3 is 2.00 bits per heavy atom. The molecule has 0 bridgehead atoms. The van der Waals surface area contributed by atoms with Crippen LogP contribution in [0.2, 0.25) is 0 Å². The van der Waals surface area contributed by atoms with Crippen molar-refractivity contribution in [2.24, 2.45) is 16.2 Å². The standard InChI is InChI=1S/C35H60N6O7/c1-11-13-15-22(27(44)30(46)36-17-12-2)37-29(45)23-16-14-18-40(23)31(47)28(34(6,7)8)39-32(48)38-24(33(3,4)5)21-41-25(42)19-35(9,10)20-26(41)43/h22-24,28H,11-21H2,1-10H3,(H,36,46)(H,37,45)(H2,38,39,48)/t22?,23-,24+,28+/m0/s1. The highest BCUT2D eigenvalue weighted by Crippen LogP contribution is 2.33. The average molecular weight is 677 g/mol. The zero-order valence-electron chi connectivity index (χ0n) is 30.8. The summed E-state index contributed by atoms with van der Waals surface area (Å²) >= 11 is 0. The molecule has 2 aliphatic heterocycles. The van der Waals surface area contributed by atoms with Gasteiger partial charge in [-0.25, -0.2) is 4.79 Å². The maximum absolute atomic E-state index is 14.1. The molecular formula is C35H60N6O7. The second kappa shape index (κ2) is 16.7. The molecule has 2 heterocycles. The van der Waals surface area contributed by atoms with Gasteiger partial charge < -0.3 is 26.2 Å². The van der Waals surface area contributed by atoms with E-state index >= 15 is 0 Å². The van der Waals surface area contributed by atoms with Crippen LogP contribution in [-0.2, 0) is 28.8 Å². The minimum absolute atomic E-state index is 0.00154. The molecule has 4 N–H and O–H groups in total. The molecule has 4 atom stereocenters. The number of nitrogens with one attached hydrogen (secondary N) is 4. The number of urea groups is 1. The Kier molecular flexibility index (Phi) is 14.2. The second-order valence-corrected chi connectivity index (χ2v) is 16.3. The summed E-state index contributed by atoms with van der Waals surface area (Å²) in [5.74, 6) is -2.97. The van der Waals surface area contributed by atoms with Crippen molar-refractivity contribution in [3.05, 3.63) is 0 Å². The molecular weight excluding hydrogens is 616 g/mol. The number of ketones is 1. The predicted octanol–water partition coefficient (Wildman–Crippen LogP) is 3.05. The Labute approximate surface area is 286 Å². The van der Waals surface area contributed by atoms with E-state index in [1.165, 1.54) is 9.80 Å². The predicted molar refractivity (Wildman–Crippen MR) is 182 cm³/mol. The molecule has 272 valence electrons. The van der Waals surface area contributed by atoms with Gasteiger partial charge in [0.2, 0.25) is 29.4 Å². The smallest absolute Gasteiger partial charge is 0.315 e. The van der Waals surface area contributed by atoms with Crippen molar-refractivity contribution in [1.82, 2.24) is 31.1 Å². The van der Waals surface area contributed by atoms with Crippen LogP contribution in [0, 0.1) is 16.2 Å². The van der Waals surface area contributed by atoms with Gasteiger partial charge >= 0.3 is 6.03 Å². The van der Waals surface area contributed by atoms with E-state index in [4.69, 9.17) is 0 Å². The van der Waals surface area contributed by atoms with Gasteiger partial charge in [-0.3, -0.25) is 33.7 Å². The first-order chi connectivity index (χ1) is 22.1. The van der Waals surface area contributed by atoms with E-state index in [9.17, 15) is 33.6 Å². The number of unbranched alkanes of at least 4 members (excludes halogenated alkanes) is 1. The van der Waals surface area contributed by atoms with Crippen LogP contribution >= 0.6 is 0 Å². The summed E-state index contributed by atoms with van der Waals surface area (Å²) in [4.78, 5) is 95.0. The van der Waals surface area contributed by atoms with Crippen molar-refractivity contribution in [3.8, 4) is 0 Å². The average Bonchev–Trinajstić information content (AvgIpc) is 3.46. The Morgan fingerprint density at radius 2 is 1.48 bits per heavy atom. The fraction of sp³-hybridized carbons (Fsp3) is 0.800. The molecule has 2 fully saturated rings. The van der Waals surface area contributed by atoms with Gasteiger partial charge in [-0.2, -0.15) is 0 Å². The highest BCUT2D eigenvalue weighted by atomic mass is 16.2. The first-order valence-electron chi connectivity index (χ1n) is 17.5. The lowest BCUT2D eigenvalue weighted by Crippen LogP contribution is -2.62. The van der Waals surface area contributed by atoms with Crippen LogP contribution in [0.15, 0.2) is 0 Å². The van der Waals surface area contributed by atoms with Crippen molar-refractivity contribution in [1.29, 1.82) is 0 Å². The van der Waals surface area contributed by atoms with Gasteiger partial charge in [-0.1, -0.05) is 82.1 Å². The topological polar surface area (TPSA) is 174 Å². The van der Waals surface area contributed by atoms with E-state index in [0.717, 1.165) is 6.42 Å². The highest BCUT2D eigenvalue weighted by molar-refractivity contribution is 6.38. The number of imide groups is 1. The SMILES string of the molecule is CCCCC(NC(=O)[C@@H]1CCCN1C(=O)[C@@H](NC(=O)N[C@H](CN1C(=O)CC(C)(C)CC1=O)C(C)(C)C)C(C)(C)C)C(=O)C(=O)NCCC. The molecule has 0 aromatic rings. The summed E-state index contributed by atoms with van der Waals surface area (Å²) in [6, 6.07) is -4.15. The molecule has 2 aliphatic rings. The first kappa shape index (κ1) is 40.7. The Morgan fingerprint density at radius 1 is 0.875 bits per heavy atom. The third kappa shape index (κ3) is 11.3. The maximum atomic E-state index is 14.1. The van der Waals surface area contributed by atoms with Crippen LogP contribution in [0.4, 0.5) is 4.79 Å². The largest absolute Gasteiger partial charge is 0.349 e. The molecule has 0 aromatic carbocycles. The molecule has 13 nitrogen and oxygen atoms in total. The number of nitrogens with zero attached hydrogens (tertiary/aromatic N) is 2. The van der Waals surface area contributed by atoms with Crippen LogP contribution in [0.5, 0.6) is 0 Å². The molecule has 0 saturated carbocycles. The minimum Gasteiger partial charge on any atom is -0.349 e. The number of hydrogen-bond acceptors (Lipinski definition) is 7. The lowest BCUT2D eigenvalue weighted by atomic mass is 9.80. The summed E-state index contributed by atoms with van der Waals surface area (Å²) < 4.78 is 0. The van der Waals surface area contributed by atoms with Gasteiger partial charge in [-0.05, 0) is 41.9 Å². The van der Waals surface area contributed by atoms with E-state index in [1.807, 2.05) is 69.2 Å². The van der Waals surface area contributed by atoms with Gasteiger partial charge in [-0.15, -0.1) is 0 Å². The van der Waals surface area contributed by atoms with Crippen molar-refractivity contribution in [2.75, 3.05) is 19.6 Å². The third-order valence-electron chi connectivity index (χ3n) is 9.04. The van der Waals surface area contributed by atoms with Gasteiger partial charge in [0.25, 0.3) is 5.91 Å². The number of rotatable bonds is 14. The zero-order valence-corrected chi connectivity index (χ0v) is 30.8. The van der Waals surface area contributed by atoms with E-state index < -0.39 is 69.9 Å². The maximum Gasteiger partial charge on any atom is 0.315 e. The van der Waals surface area contributed by atoms with Crippen LogP contribution in [0.1, 0.15) is 121 Å². The van der Waals surface area contributed by atoms with Crippen LogP contribution < -0.4 is 21.3 Å². The normalized spacial score (nSPS) is 20.1. The molecule has 13 heteroatoms. The number of Topliss-reactive ketones (excluding diaryl/α,β-unsaturated/α-hetero) is 1. The highest BCUT2D eigenvalue weighted by Gasteiger charge is 2.44. The summed E-state index contributed by atoms with van der Waals surface area (Å²) in [5.41, 5.74) is -1.72. The van der Waals surface area contributed by atoms with E-state index in [1.54, 1.807) is 0 Å². The summed E-state index contributed by atoms with van der Waals surface area (Å²) in [7, 11) is 0. The quantitative estimate of drug-likeness (QED) is 0.162. The van der Waals surface area contributed by atoms with Crippen LogP contribution in [0.3, 0.4) is 0 Å². The first-order valence-corrected chi connectivity index (χ1v) is 17.5. The molecule has 2 saturated heterocycles. The van der Waals surface area contributed by atoms with E-state index in [-0.39, 0.29) is 37.7 Å². The van der Waals surface area contributed by atoms with Crippen molar-refractivity contribution in [2.45, 2.75) is 145 Å². The number of amides is 7. The van der Waals surface area contributed by atoms with Gasteiger partial charge in [0.05, 0.1) is 12.1 Å². The Bertz CT molecular complexity index is 1200. The lowest BCUT2D eigenvalue weighted by molar-refractivity contribution is -0.153. The van der Waals surface area contributed by atoms with E-state index in [2.05, 4.69) is 21.3 Å². The molecule has 48 heavy (non-hydrogen) atoms. The Hall–Kier alpha value is -3.51. The monoisotopic (exact) mass is 676 g/mol. The second-order valence-electron chi connectivity index (χ2n) is 16.3. The van der Waals surface area contributed by atoms with Crippen molar-refractivity contribution >= 4 is 41.4 Å². The molecule has 0 spiro atoms. The minimum atomic E-state index is -1.03. The number of carbonyl (C=O) groups excluding carboxylic acids is 7. The number of likely N-dealkylation sites (tertiary alicyclic amines) is 2. The van der Waals surface area contributed by atoms with E-state index in [0.29, 0.717) is 38.6 Å². The summed E-state index contributed by atoms with van der Waals surface area (Å²) in [5, 5.41) is 11.1. The van der Waals surface area contributed by atoms with Crippen molar-refractivity contribution < 1.29 is 33.6 Å². The molecule has 1 unspecified atom stereocenters. The zero-order chi connectivity index (χ0) is 36.6. The fourth-order valence-corrected chi connectivity index (χ4v) is 6.01. The fourth-order valence-electron chi connectivity index (χ4n) is 6.01. The molecule has 2 rings (SSSR count).